The van der Waals surface area contributed by atoms with Gasteiger partial charge in [-0.25, -0.2) is 4.39 Å². The smallest absolute Gasteiger partial charge is 0.170 e. The van der Waals surface area contributed by atoms with Crippen LogP contribution in [-0.4, -0.2) is 23.9 Å². The zero-order valence-corrected chi connectivity index (χ0v) is 12.3. The van der Waals surface area contributed by atoms with Gasteiger partial charge < -0.3 is 10.3 Å². The second-order valence-corrected chi connectivity index (χ2v) is 6.04. The van der Waals surface area contributed by atoms with Crippen molar-refractivity contribution in [3.63, 3.8) is 0 Å². The average molecular weight is 288 g/mol. The van der Waals surface area contributed by atoms with Gasteiger partial charge in [0.25, 0.3) is 0 Å². The second-order valence-electron chi connectivity index (χ2n) is 6.04. The largest absolute Gasteiger partial charge is 0.359 e. The van der Waals surface area contributed by atoms with E-state index >= 15 is 0 Å². The third-order valence-corrected chi connectivity index (χ3v) is 4.61. The lowest BCUT2D eigenvalue weighted by Gasteiger charge is -2.26. The molecular weight excluding hydrogens is 267 g/mol. The molecule has 2 N–H and O–H groups in total. The molecule has 112 valence electrons. The molecular formula is C17H21FN2O. The number of nitrogens with one attached hydrogen (secondary N) is 2. The van der Waals surface area contributed by atoms with Gasteiger partial charge in [-0.05, 0) is 37.6 Å². The van der Waals surface area contributed by atoms with Crippen molar-refractivity contribution in [2.45, 2.75) is 32.6 Å². The molecule has 0 radical (unpaired) electrons. The number of carbonyl (C=O) groups is 1. The summed E-state index contributed by atoms with van der Waals surface area (Å²) in [5.74, 6) is -0.264. The van der Waals surface area contributed by atoms with Crippen molar-refractivity contribution in [3.8, 4) is 0 Å². The predicted molar refractivity (Wildman–Crippen MR) is 82.0 cm³/mol. The van der Waals surface area contributed by atoms with Crippen LogP contribution in [0.1, 0.15) is 43.0 Å². The van der Waals surface area contributed by atoms with Gasteiger partial charge in [-0.15, -0.1) is 0 Å². The Morgan fingerprint density at radius 2 is 2.29 bits per heavy atom. The van der Waals surface area contributed by atoms with Crippen molar-refractivity contribution in [3.05, 3.63) is 35.8 Å². The predicted octanol–water partition coefficient (Wildman–Crippen LogP) is 3.66. The number of hydrogen-bond donors (Lipinski definition) is 2. The molecule has 2 heterocycles. The molecule has 0 spiro atoms. The molecule has 0 aliphatic carbocycles. The summed E-state index contributed by atoms with van der Waals surface area (Å²) in [4.78, 5) is 15.8. The van der Waals surface area contributed by atoms with Crippen LogP contribution in [0.4, 0.5) is 4.39 Å². The Morgan fingerprint density at radius 1 is 1.43 bits per heavy atom. The van der Waals surface area contributed by atoms with Gasteiger partial charge in [-0.2, -0.15) is 0 Å². The van der Waals surface area contributed by atoms with E-state index in [0.717, 1.165) is 37.6 Å². The van der Waals surface area contributed by atoms with Crippen molar-refractivity contribution in [1.29, 1.82) is 0 Å². The Bertz CT molecular complexity index is 656. The number of Topliss-reactive ketones (excluding diaryl/α,β-unsaturated/α-hetero) is 1. The SMILES string of the molecule is CCCC[C@]1(C(=O)c2cc(F)c3[nH]ccc3c2)CCNC1. The number of unbranched alkanes of at least 4 members (excludes halogenated alkanes) is 1. The Kier molecular flexibility index (Phi) is 3.81. The molecule has 3 rings (SSSR count). The van der Waals surface area contributed by atoms with Crippen LogP contribution >= 0.6 is 0 Å². The van der Waals surface area contributed by atoms with Crippen LogP contribution in [0, 0.1) is 11.2 Å². The molecule has 1 aliphatic heterocycles. The van der Waals surface area contributed by atoms with Gasteiger partial charge in [-0.1, -0.05) is 19.8 Å². The molecule has 21 heavy (non-hydrogen) atoms. The summed E-state index contributed by atoms with van der Waals surface area (Å²) < 4.78 is 14.1. The Hall–Kier alpha value is -1.68. The van der Waals surface area contributed by atoms with Crippen molar-refractivity contribution in [2.24, 2.45) is 5.41 Å². The Morgan fingerprint density at radius 3 is 3.00 bits per heavy atom. The Balaban J connectivity index is 1.97. The second kappa shape index (κ2) is 5.60. The van der Waals surface area contributed by atoms with Gasteiger partial charge in [0.05, 0.1) is 5.52 Å². The number of carbonyl (C=O) groups excluding carboxylic acids is 1. The summed E-state index contributed by atoms with van der Waals surface area (Å²) in [6, 6.07) is 5.00. The molecule has 1 aromatic carbocycles. The van der Waals surface area contributed by atoms with E-state index in [-0.39, 0.29) is 17.0 Å². The highest BCUT2D eigenvalue weighted by molar-refractivity contribution is 6.03. The quantitative estimate of drug-likeness (QED) is 0.825. The molecule has 0 unspecified atom stereocenters. The van der Waals surface area contributed by atoms with Gasteiger partial charge in [0.1, 0.15) is 5.82 Å². The van der Waals surface area contributed by atoms with Gasteiger partial charge in [0, 0.05) is 29.1 Å². The van der Waals surface area contributed by atoms with E-state index in [0.29, 0.717) is 17.6 Å². The maximum absolute atomic E-state index is 14.1. The molecule has 0 amide bonds. The standard InChI is InChI=1S/C17H21FN2O/c1-2-3-5-17(6-8-19-11-17)16(21)13-9-12-4-7-20-15(12)14(18)10-13/h4,7,9-10,19-20H,2-3,5-6,8,11H2,1H3/t17-/m0/s1. The molecule has 1 fully saturated rings. The zero-order valence-electron chi connectivity index (χ0n) is 12.3. The van der Waals surface area contributed by atoms with E-state index < -0.39 is 0 Å². The zero-order chi connectivity index (χ0) is 14.9. The molecule has 1 aliphatic rings. The van der Waals surface area contributed by atoms with Crippen molar-refractivity contribution in [1.82, 2.24) is 10.3 Å². The lowest BCUT2D eigenvalue weighted by molar-refractivity contribution is 0.0799. The first-order chi connectivity index (χ1) is 10.2. The molecule has 1 aromatic heterocycles. The lowest BCUT2D eigenvalue weighted by atomic mass is 9.75. The van der Waals surface area contributed by atoms with E-state index in [9.17, 15) is 9.18 Å². The highest BCUT2D eigenvalue weighted by atomic mass is 19.1. The topological polar surface area (TPSA) is 44.9 Å². The fraction of sp³-hybridized carbons (Fsp3) is 0.471. The molecule has 4 heteroatoms. The van der Waals surface area contributed by atoms with Crippen molar-refractivity contribution in [2.75, 3.05) is 13.1 Å². The molecule has 0 saturated carbocycles. The number of halogens is 1. The maximum Gasteiger partial charge on any atom is 0.170 e. The number of hydrogen-bond acceptors (Lipinski definition) is 2. The van der Waals surface area contributed by atoms with Crippen LogP contribution in [0.2, 0.25) is 0 Å². The number of aromatic amines is 1. The molecule has 3 nitrogen and oxygen atoms in total. The molecule has 0 bridgehead atoms. The first-order valence-electron chi connectivity index (χ1n) is 7.68. The van der Waals surface area contributed by atoms with Crippen LogP contribution in [0.5, 0.6) is 0 Å². The number of rotatable bonds is 5. The van der Waals surface area contributed by atoms with Gasteiger partial charge >= 0.3 is 0 Å². The van der Waals surface area contributed by atoms with Crippen molar-refractivity contribution < 1.29 is 9.18 Å². The Labute approximate surface area is 123 Å². The lowest BCUT2D eigenvalue weighted by Crippen LogP contribution is -2.33. The van der Waals surface area contributed by atoms with E-state index in [2.05, 4.69) is 17.2 Å². The minimum Gasteiger partial charge on any atom is -0.359 e. The summed E-state index contributed by atoms with van der Waals surface area (Å²) in [6.07, 6.45) is 5.52. The van der Waals surface area contributed by atoms with Gasteiger partial charge in [0.2, 0.25) is 0 Å². The van der Waals surface area contributed by atoms with Crippen LogP contribution in [0.25, 0.3) is 10.9 Å². The highest BCUT2D eigenvalue weighted by Gasteiger charge is 2.40. The van der Waals surface area contributed by atoms with E-state index in [4.69, 9.17) is 0 Å². The summed E-state index contributed by atoms with van der Waals surface area (Å²) in [6.45, 7) is 3.70. The fourth-order valence-electron chi connectivity index (χ4n) is 3.34. The minimum absolute atomic E-state index is 0.0861. The summed E-state index contributed by atoms with van der Waals surface area (Å²) in [7, 11) is 0. The van der Waals surface area contributed by atoms with Crippen LogP contribution in [-0.2, 0) is 0 Å². The minimum atomic E-state index is -0.355. The van der Waals surface area contributed by atoms with E-state index in [1.165, 1.54) is 6.07 Å². The number of H-pyrrole nitrogens is 1. The fourth-order valence-corrected chi connectivity index (χ4v) is 3.34. The maximum atomic E-state index is 14.1. The average Bonchev–Trinajstić information content (AvgIpc) is 3.14. The first kappa shape index (κ1) is 14.3. The van der Waals surface area contributed by atoms with E-state index in [1.807, 2.05) is 6.07 Å². The van der Waals surface area contributed by atoms with Crippen LogP contribution in [0.3, 0.4) is 0 Å². The highest BCUT2D eigenvalue weighted by Crippen LogP contribution is 2.36. The molecule has 1 atom stereocenters. The normalized spacial score (nSPS) is 22.0. The van der Waals surface area contributed by atoms with Crippen LogP contribution in [0.15, 0.2) is 24.4 Å². The number of aromatic nitrogens is 1. The number of ketones is 1. The number of fused-ring (bicyclic) bond motifs is 1. The van der Waals surface area contributed by atoms with Crippen LogP contribution < -0.4 is 5.32 Å². The summed E-state index contributed by atoms with van der Waals surface area (Å²) in [5.41, 5.74) is 0.616. The first-order valence-corrected chi connectivity index (χ1v) is 7.68. The summed E-state index contributed by atoms with van der Waals surface area (Å²) in [5, 5.41) is 4.06. The third-order valence-electron chi connectivity index (χ3n) is 4.61. The molecule has 1 saturated heterocycles. The number of benzene rings is 1. The third kappa shape index (κ3) is 2.48. The van der Waals surface area contributed by atoms with Gasteiger partial charge in [0.15, 0.2) is 5.78 Å². The van der Waals surface area contributed by atoms with Crippen molar-refractivity contribution >= 4 is 16.7 Å². The monoisotopic (exact) mass is 288 g/mol. The molecule has 2 aromatic rings. The summed E-state index contributed by atoms with van der Waals surface area (Å²) >= 11 is 0. The van der Waals surface area contributed by atoms with Gasteiger partial charge in [-0.3, -0.25) is 4.79 Å². The van der Waals surface area contributed by atoms with E-state index in [1.54, 1.807) is 12.3 Å².